The zero-order valence-corrected chi connectivity index (χ0v) is 9.53. The number of thioether (sulfide) groups is 1. The van der Waals surface area contributed by atoms with Crippen molar-refractivity contribution < 1.29 is 0 Å². The molecule has 0 bridgehead atoms. The lowest BCUT2D eigenvalue weighted by atomic mass is 10.2. The van der Waals surface area contributed by atoms with Crippen LogP contribution in [0, 0.1) is 6.92 Å². The normalized spacial score (nSPS) is 13.9. The van der Waals surface area contributed by atoms with Crippen LogP contribution in [0.4, 0.5) is 0 Å². The standard InChI is InChI=1S/C11H10N4S/c1-8-12-13-11-15(8)14-10(7-16-11)9-5-3-2-4-6-9/h2-7,14H,1H3. The third-order valence-corrected chi connectivity index (χ3v) is 3.22. The van der Waals surface area contributed by atoms with Crippen LogP contribution < -0.4 is 5.43 Å². The van der Waals surface area contributed by atoms with E-state index in [2.05, 4.69) is 33.2 Å². The van der Waals surface area contributed by atoms with Crippen molar-refractivity contribution in [2.24, 2.45) is 0 Å². The van der Waals surface area contributed by atoms with Crippen molar-refractivity contribution in [3.05, 3.63) is 47.1 Å². The van der Waals surface area contributed by atoms with E-state index in [0.29, 0.717) is 0 Å². The molecular formula is C11H10N4S. The Bertz CT molecular complexity index is 544. The molecule has 80 valence electrons. The van der Waals surface area contributed by atoms with E-state index in [1.807, 2.05) is 29.8 Å². The Morgan fingerprint density at radius 1 is 1.19 bits per heavy atom. The van der Waals surface area contributed by atoms with Crippen molar-refractivity contribution in [1.82, 2.24) is 14.9 Å². The fourth-order valence-corrected chi connectivity index (χ4v) is 2.34. The van der Waals surface area contributed by atoms with Gasteiger partial charge in [0.25, 0.3) is 0 Å². The molecule has 2 aromatic rings. The molecule has 1 aromatic carbocycles. The Hall–Kier alpha value is -1.75. The molecule has 1 N–H and O–H groups in total. The summed E-state index contributed by atoms with van der Waals surface area (Å²) in [5, 5.41) is 11.0. The van der Waals surface area contributed by atoms with E-state index in [-0.39, 0.29) is 0 Å². The number of hydrogen-bond acceptors (Lipinski definition) is 4. The second kappa shape index (κ2) is 3.68. The van der Waals surface area contributed by atoms with Crippen LogP contribution in [0.1, 0.15) is 11.4 Å². The number of nitrogens with zero attached hydrogens (tertiary/aromatic N) is 3. The maximum Gasteiger partial charge on any atom is 0.214 e. The van der Waals surface area contributed by atoms with E-state index in [9.17, 15) is 0 Å². The highest BCUT2D eigenvalue weighted by molar-refractivity contribution is 8.02. The lowest BCUT2D eigenvalue weighted by molar-refractivity contribution is 0.800. The molecule has 0 unspecified atom stereocenters. The summed E-state index contributed by atoms with van der Waals surface area (Å²) >= 11 is 1.58. The zero-order chi connectivity index (χ0) is 11.0. The highest BCUT2D eigenvalue weighted by atomic mass is 32.2. The minimum atomic E-state index is 0.865. The summed E-state index contributed by atoms with van der Waals surface area (Å²) in [7, 11) is 0. The molecule has 0 spiro atoms. The molecule has 1 aliphatic heterocycles. The van der Waals surface area contributed by atoms with E-state index in [1.165, 1.54) is 0 Å². The van der Waals surface area contributed by atoms with E-state index >= 15 is 0 Å². The number of rotatable bonds is 1. The molecule has 3 rings (SSSR count). The monoisotopic (exact) mass is 230 g/mol. The first-order valence-electron chi connectivity index (χ1n) is 4.96. The SMILES string of the molecule is Cc1nnc2n1NC(c1ccccc1)=CS2. The zero-order valence-electron chi connectivity index (χ0n) is 8.71. The van der Waals surface area contributed by atoms with Crippen LogP contribution >= 0.6 is 11.8 Å². The van der Waals surface area contributed by atoms with Gasteiger partial charge in [-0.05, 0) is 12.5 Å². The summed E-state index contributed by atoms with van der Waals surface area (Å²) in [6.45, 7) is 1.93. The van der Waals surface area contributed by atoms with Gasteiger partial charge in [0, 0.05) is 5.41 Å². The molecule has 0 radical (unpaired) electrons. The molecule has 2 heterocycles. The molecule has 0 saturated carbocycles. The molecule has 1 aromatic heterocycles. The van der Waals surface area contributed by atoms with E-state index < -0.39 is 0 Å². The van der Waals surface area contributed by atoms with Gasteiger partial charge in [-0.3, -0.25) is 5.43 Å². The van der Waals surface area contributed by atoms with Crippen molar-refractivity contribution in [1.29, 1.82) is 0 Å². The molecule has 5 heteroatoms. The fraction of sp³-hybridized carbons (Fsp3) is 0.0909. The van der Waals surface area contributed by atoms with Crippen LogP contribution in [0.2, 0.25) is 0 Å². The summed E-state index contributed by atoms with van der Waals surface area (Å²) < 4.78 is 1.90. The predicted molar refractivity (Wildman–Crippen MR) is 64.4 cm³/mol. The Morgan fingerprint density at radius 2 is 2.00 bits per heavy atom. The fourth-order valence-electron chi connectivity index (χ4n) is 1.56. The van der Waals surface area contributed by atoms with E-state index in [4.69, 9.17) is 0 Å². The van der Waals surface area contributed by atoms with E-state index in [0.717, 1.165) is 22.2 Å². The molecule has 0 fully saturated rings. The summed E-state index contributed by atoms with van der Waals surface area (Å²) in [5.74, 6) is 0.865. The van der Waals surface area contributed by atoms with Crippen LogP contribution in [-0.4, -0.2) is 14.9 Å². The maximum atomic E-state index is 4.05. The molecule has 0 saturated heterocycles. The summed E-state index contributed by atoms with van der Waals surface area (Å²) in [6, 6.07) is 10.2. The Morgan fingerprint density at radius 3 is 2.81 bits per heavy atom. The van der Waals surface area contributed by atoms with Gasteiger partial charge in [-0.15, -0.1) is 10.2 Å². The van der Waals surface area contributed by atoms with Crippen molar-refractivity contribution in [2.75, 3.05) is 5.43 Å². The second-order valence-electron chi connectivity index (χ2n) is 3.49. The van der Waals surface area contributed by atoms with Gasteiger partial charge in [0.1, 0.15) is 5.82 Å². The molecule has 4 nitrogen and oxygen atoms in total. The Balaban J connectivity index is 1.97. The maximum absolute atomic E-state index is 4.05. The van der Waals surface area contributed by atoms with Crippen LogP contribution in [0.15, 0.2) is 40.9 Å². The van der Waals surface area contributed by atoms with Crippen LogP contribution in [0.3, 0.4) is 0 Å². The third kappa shape index (κ3) is 1.49. The largest absolute Gasteiger partial charge is 0.290 e. The quantitative estimate of drug-likeness (QED) is 0.815. The van der Waals surface area contributed by atoms with Gasteiger partial charge in [-0.1, -0.05) is 42.1 Å². The highest BCUT2D eigenvalue weighted by Crippen LogP contribution is 2.27. The average Bonchev–Trinajstić information content (AvgIpc) is 2.72. The first-order chi connectivity index (χ1) is 7.84. The Kier molecular flexibility index (Phi) is 2.18. The minimum Gasteiger partial charge on any atom is -0.290 e. The first kappa shape index (κ1) is 9.47. The number of fused-ring (bicyclic) bond motifs is 1. The van der Waals surface area contributed by atoms with Gasteiger partial charge in [0.05, 0.1) is 5.70 Å². The summed E-state index contributed by atoms with van der Waals surface area (Å²) in [5.41, 5.74) is 5.52. The van der Waals surface area contributed by atoms with Crippen molar-refractivity contribution >= 4 is 17.5 Å². The number of aryl methyl sites for hydroxylation is 1. The number of aromatic nitrogens is 3. The second-order valence-corrected chi connectivity index (χ2v) is 4.33. The molecular weight excluding hydrogens is 220 g/mol. The smallest absolute Gasteiger partial charge is 0.214 e. The molecule has 0 amide bonds. The number of nitrogens with one attached hydrogen (secondary N) is 1. The van der Waals surface area contributed by atoms with Crippen LogP contribution in [0.25, 0.3) is 5.70 Å². The highest BCUT2D eigenvalue weighted by Gasteiger charge is 2.15. The predicted octanol–water partition coefficient (Wildman–Crippen LogP) is 2.23. The van der Waals surface area contributed by atoms with Crippen LogP contribution in [-0.2, 0) is 0 Å². The molecule has 0 atom stereocenters. The van der Waals surface area contributed by atoms with E-state index in [1.54, 1.807) is 11.8 Å². The van der Waals surface area contributed by atoms with Crippen LogP contribution in [0.5, 0.6) is 0 Å². The molecule has 0 aliphatic carbocycles. The minimum absolute atomic E-state index is 0.865. The first-order valence-corrected chi connectivity index (χ1v) is 5.84. The lowest BCUT2D eigenvalue weighted by Gasteiger charge is -2.18. The van der Waals surface area contributed by atoms with Gasteiger partial charge < -0.3 is 0 Å². The topological polar surface area (TPSA) is 42.7 Å². The van der Waals surface area contributed by atoms with Gasteiger partial charge in [0.15, 0.2) is 0 Å². The lowest BCUT2D eigenvalue weighted by Crippen LogP contribution is -2.18. The number of hydrogen-bond donors (Lipinski definition) is 1. The molecule has 1 aliphatic rings. The molecule has 16 heavy (non-hydrogen) atoms. The van der Waals surface area contributed by atoms with Gasteiger partial charge in [-0.2, -0.15) is 0 Å². The van der Waals surface area contributed by atoms with Crippen molar-refractivity contribution in [3.8, 4) is 0 Å². The Labute approximate surface area is 97.4 Å². The summed E-state index contributed by atoms with van der Waals surface area (Å²) in [6.07, 6.45) is 0. The average molecular weight is 230 g/mol. The number of benzene rings is 1. The van der Waals surface area contributed by atoms with Crippen molar-refractivity contribution in [2.45, 2.75) is 12.1 Å². The third-order valence-electron chi connectivity index (χ3n) is 2.39. The summed E-state index contributed by atoms with van der Waals surface area (Å²) in [4.78, 5) is 0. The van der Waals surface area contributed by atoms with Crippen molar-refractivity contribution in [3.63, 3.8) is 0 Å². The van der Waals surface area contributed by atoms with Gasteiger partial charge in [-0.25, -0.2) is 4.68 Å². The van der Waals surface area contributed by atoms with Gasteiger partial charge in [0.2, 0.25) is 5.16 Å². The van der Waals surface area contributed by atoms with Gasteiger partial charge >= 0.3 is 0 Å².